The molecule has 18 heavy (non-hydrogen) atoms. The SMILES string of the molecule is C=C(CNCCC)CSc1ccccc1[N+](=O)[O-]. The Morgan fingerprint density at radius 1 is 1.50 bits per heavy atom. The number of thioether (sulfide) groups is 1. The third-order valence-corrected chi connectivity index (χ3v) is 3.50. The summed E-state index contributed by atoms with van der Waals surface area (Å²) in [6.07, 6.45) is 1.09. The Morgan fingerprint density at radius 3 is 2.89 bits per heavy atom. The summed E-state index contributed by atoms with van der Waals surface area (Å²) in [5.74, 6) is 0.696. The van der Waals surface area contributed by atoms with Crippen molar-refractivity contribution in [1.29, 1.82) is 0 Å². The highest BCUT2D eigenvalue weighted by Gasteiger charge is 2.12. The highest BCUT2D eigenvalue weighted by Crippen LogP contribution is 2.29. The zero-order valence-electron chi connectivity index (χ0n) is 10.5. The predicted octanol–water partition coefficient (Wildman–Crippen LogP) is 3.24. The Balaban J connectivity index is 2.48. The van der Waals surface area contributed by atoms with E-state index in [1.54, 1.807) is 12.1 Å². The van der Waals surface area contributed by atoms with Crippen molar-refractivity contribution >= 4 is 17.4 Å². The molecule has 1 aromatic rings. The molecule has 98 valence electrons. The molecular formula is C13H18N2O2S. The molecule has 0 fully saturated rings. The third-order valence-electron chi connectivity index (χ3n) is 2.30. The van der Waals surface area contributed by atoms with Gasteiger partial charge in [-0.15, -0.1) is 11.8 Å². The lowest BCUT2D eigenvalue weighted by atomic mass is 10.3. The minimum absolute atomic E-state index is 0.164. The number of nitrogens with one attached hydrogen (secondary N) is 1. The first kappa shape index (κ1) is 14.7. The van der Waals surface area contributed by atoms with Gasteiger partial charge in [-0.3, -0.25) is 10.1 Å². The van der Waals surface area contributed by atoms with Gasteiger partial charge in [0.1, 0.15) is 0 Å². The lowest BCUT2D eigenvalue weighted by molar-refractivity contribution is -0.387. The van der Waals surface area contributed by atoms with E-state index in [1.807, 2.05) is 6.07 Å². The van der Waals surface area contributed by atoms with E-state index in [0.29, 0.717) is 10.6 Å². The standard InChI is InChI=1S/C13H18N2O2S/c1-3-8-14-9-11(2)10-18-13-7-5-4-6-12(13)15(16)17/h4-7,14H,2-3,8-10H2,1H3. The summed E-state index contributed by atoms with van der Waals surface area (Å²) in [6.45, 7) is 7.80. The molecule has 0 heterocycles. The Kier molecular flexibility index (Phi) is 6.46. The summed E-state index contributed by atoms with van der Waals surface area (Å²) < 4.78 is 0. The van der Waals surface area contributed by atoms with E-state index in [-0.39, 0.29) is 10.6 Å². The van der Waals surface area contributed by atoms with Crippen LogP contribution in [-0.4, -0.2) is 23.8 Å². The van der Waals surface area contributed by atoms with Crippen molar-refractivity contribution in [2.45, 2.75) is 18.2 Å². The molecule has 1 aromatic carbocycles. The number of nitro benzene ring substituents is 1. The van der Waals surface area contributed by atoms with Crippen LogP contribution in [-0.2, 0) is 0 Å². The Bertz CT molecular complexity index is 421. The molecule has 0 aliphatic carbocycles. The molecule has 1 rings (SSSR count). The van der Waals surface area contributed by atoms with E-state index in [1.165, 1.54) is 17.8 Å². The second-order valence-electron chi connectivity index (χ2n) is 3.94. The smallest absolute Gasteiger partial charge is 0.282 e. The number of para-hydroxylation sites is 1. The van der Waals surface area contributed by atoms with Crippen molar-refractivity contribution < 1.29 is 4.92 Å². The van der Waals surface area contributed by atoms with Gasteiger partial charge in [0.25, 0.3) is 5.69 Å². The highest BCUT2D eigenvalue weighted by molar-refractivity contribution is 7.99. The van der Waals surface area contributed by atoms with Crippen LogP contribution < -0.4 is 5.32 Å². The van der Waals surface area contributed by atoms with Crippen molar-refractivity contribution in [3.05, 3.63) is 46.5 Å². The number of rotatable bonds is 8. The second-order valence-corrected chi connectivity index (χ2v) is 4.96. The minimum Gasteiger partial charge on any atom is -0.313 e. The maximum atomic E-state index is 10.8. The molecule has 0 aliphatic heterocycles. The second kappa shape index (κ2) is 7.89. The largest absolute Gasteiger partial charge is 0.313 e. The van der Waals surface area contributed by atoms with Crippen LogP contribution in [0.5, 0.6) is 0 Å². The maximum Gasteiger partial charge on any atom is 0.282 e. The first-order chi connectivity index (χ1) is 8.65. The van der Waals surface area contributed by atoms with Crippen LogP contribution in [0.15, 0.2) is 41.3 Å². The lowest BCUT2D eigenvalue weighted by Gasteiger charge is -2.07. The zero-order chi connectivity index (χ0) is 13.4. The monoisotopic (exact) mass is 266 g/mol. The lowest BCUT2D eigenvalue weighted by Crippen LogP contribution is -2.18. The van der Waals surface area contributed by atoms with Crippen LogP contribution in [0, 0.1) is 10.1 Å². The number of nitrogens with zero attached hydrogens (tertiary/aromatic N) is 1. The molecule has 4 nitrogen and oxygen atoms in total. The summed E-state index contributed by atoms with van der Waals surface area (Å²) in [5, 5.41) is 14.1. The molecule has 0 atom stereocenters. The fourth-order valence-electron chi connectivity index (χ4n) is 1.40. The molecule has 0 amide bonds. The van der Waals surface area contributed by atoms with Crippen molar-refractivity contribution in [3.8, 4) is 0 Å². The van der Waals surface area contributed by atoms with Crippen LogP contribution in [0.25, 0.3) is 0 Å². The normalized spacial score (nSPS) is 10.3. The van der Waals surface area contributed by atoms with Crippen molar-refractivity contribution in [2.75, 3.05) is 18.8 Å². The van der Waals surface area contributed by atoms with Gasteiger partial charge in [0, 0.05) is 18.4 Å². The Labute approximate surface area is 112 Å². The molecule has 0 saturated carbocycles. The molecule has 0 radical (unpaired) electrons. The first-order valence-corrected chi connectivity index (χ1v) is 6.87. The number of hydrogen-bond donors (Lipinski definition) is 1. The van der Waals surface area contributed by atoms with Gasteiger partial charge in [-0.2, -0.15) is 0 Å². The summed E-state index contributed by atoms with van der Waals surface area (Å²) in [6, 6.07) is 6.79. The third kappa shape index (κ3) is 4.89. The number of benzene rings is 1. The topological polar surface area (TPSA) is 55.2 Å². The fourth-order valence-corrected chi connectivity index (χ4v) is 2.33. The molecule has 0 spiro atoms. The average Bonchev–Trinajstić information content (AvgIpc) is 2.37. The van der Waals surface area contributed by atoms with E-state index in [9.17, 15) is 10.1 Å². The van der Waals surface area contributed by atoms with Gasteiger partial charge in [0.05, 0.1) is 9.82 Å². The van der Waals surface area contributed by atoms with E-state index >= 15 is 0 Å². The molecule has 1 N–H and O–H groups in total. The van der Waals surface area contributed by atoms with Crippen molar-refractivity contribution in [1.82, 2.24) is 5.32 Å². The molecule has 0 aliphatic rings. The van der Waals surface area contributed by atoms with Crippen molar-refractivity contribution in [2.24, 2.45) is 0 Å². The fraction of sp³-hybridized carbons (Fsp3) is 0.385. The van der Waals surface area contributed by atoms with Gasteiger partial charge >= 0.3 is 0 Å². The quantitative estimate of drug-likeness (QED) is 0.258. The average molecular weight is 266 g/mol. The van der Waals surface area contributed by atoms with Crippen LogP contribution in [0.2, 0.25) is 0 Å². The summed E-state index contributed by atoms with van der Waals surface area (Å²) in [7, 11) is 0. The van der Waals surface area contributed by atoms with Gasteiger partial charge in [0.15, 0.2) is 0 Å². The Morgan fingerprint density at radius 2 is 2.22 bits per heavy atom. The van der Waals surface area contributed by atoms with Crippen LogP contribution >= 0.6 is 11.8 Å². The molecule has 0 saturated heterocycles. The van der Waals surface area contributed by atoms with Gasteiger partial charge in [-0.1, -0.05) is 31.2 Å². The summed E-state index contributed by atoms with van der Waals surface area (Å²) in [5.41, 5.74) is 1.21. The van der Waals surface area contributed by atoms with E-state index in [4.69, 9.17) is 0 Å². The van der Waals surface area contributed by atoms with Crippen LogP contribution in [0.4, 0.5) is 5.69 Å². The Hall–Kier alpha value is -1.33. The molecule has 0 unspecified atom stereocenters. The van der Waals surface area contributed by atoms with Crippen LogP contribution in [0.1, 0.15) is 13.3 Å². The minimum atomic E-state index is -0.347. The molecular weight excluding hydrogens is 248 g/mol. The van der Waals surface area contributed by atoms with Crippen molar-refractivity contribution in [3.63, 3.8) is 0 Å². The van der Waals surface area contributed by atoms with Gasteiger partial charge in [-0.05, 0) is 19.0 Å². The van der Waals surface area contributed by atoms with Crippen LogP contribution in [0.3, 0.4) is 0 Å². The maximum absolute atomic E-state index is 10.8. The summed E-state index contributed by atoms with van der Waals surface area (Å²) in [4.78, 5) is 11.2. The first-order valence-electron chi connectivity index (χ1n) is 5.88. The van der Waals surface area contributed by atoms with Gasteiger partial charge in [-0.25, -0.2) is 0 Å². The molecule has 5 heteroatoms. The van der Waals surface area contributed by atoms with E-state index in [2.05, 4.69) is 18.8 Å². The number of hydrogen-bond acceptors (Lipinski definition) is 4. The number of nitro groups is 1. The predicted molar refractivity (Wildman–Crippen MR) is 76.1 cm³/mol. The van der Waals surface area contributed by atoms with Gasteiger partial charge < -0.3 is 5.32 Å². The highest BCUT2D eigenvalue weighted by atomic mass is 32.2. The van der Waals surface area contributed by atoms with E-state index < -0.39 is 0 Å². The summed E-state index contributed by atoms with van der Waals surface area (Å²) >= 11 is 1.46. The van der Waals surface area contributed by atoms with Gasteiger partial charge in [0.2, 0.25) is 0 Å². The zero-order valence-corrected chi connectivity index (χ0v) is 11.3. The van der Waals surface area contributed by atoms with E-state index in [0.717, 1.165) is 25.1 Å². The molecule has 0 aromatic heterocycles. The molecule has 0 bridgehead atoms.